The molecule has 1 N–H and O–H groups in total. The molecule has 5 aromatic rings. The van der Waals surface area contributed by atoms with E-state index in [9.17, 15) is 14.0 Å². The van der Waals surface area contributed by atoms with E-state index >= 15 is 0 Å². The molecule has 1 aromatic carbocycles. The summed E-state index contributed by atoms with van der Waals surface area (Å²) in [7, 11) is 2.10. The van der Waals surface area contributed by atoms with Gasteiger partial charge in [-0.2, -0.15) is 5.10 Å². The molecule has 50 heavy (non-hydrogen) atoms. The number of aromatic nitrogens is 6. The molecule has 256 valence electrons. The van der Waals surface area contributed by atoms with Gasteiger partial charge < -0.3 is 9.80 Å². The number of amides is 3. The summed E-state index contributed by atoms with van der Waals surface area (Å²) >= 11 is 0. The molecule has 8 rings (SSSR count). The van der Waals surface area contributed by atoms with Crippen molar-refractivity contribution in [3.63, 3.8) is 0 Å². The fraction of sp³-hybridized carbons (Fsp3) is 0.361. The molecule has 4 aromatic heterocycles. The molecule has 14 heteroatoms. The molecule has 13 nitrogen and oxygen atoms in total. The number of hydrogen-bond acceptors (Lipinski definition) is 10. The van der Waals surface area contributed by atoms with Crippen LogP contribution in [0.15, 0.2) is 72.9 Å². The number of hydrogen-bond donors (Lipinski definition) is 1. The van der Waals surface area contributed by atoms with Crippen LogP contribution in [0.25, 0.3) is 17.0 Å². The molecule has 3 amide bonds. The Balaban J connectivity index is 0.920. The normalized spacial score (nSPS) is 18.8. The lowest BCUT2D eigenvalue weighted by Crippen LogP contribution is -2.50. The van der Waals surface area contributed by atoms with E-state index in [0.29, 0.717) is 24.9 Å². The Labute approximate surface area is 288 Å². The first-order chi connectivity index (χ1) is 24.4. The number of halogens is 1. The van der Waals surface area contributed by atoms with Crippen molar-refractivity contribution in [2.75, 3.05) is 47.9 Å². The van der Waals surface area contributed by atoms with E-state index < -0.39 is 6.03 Å². The minimum atomic E-state index is -0.467. The Morgan fingerprint density at radius 1 is 0.900 bits per heavy atom. The Kier molecular flexibility index (Phi) is 8.53. The molecular formula is C36H38FN11O2. The van der Waals surface area contributed by atoms with Gasteiger partial charge in [-0.15, -0.1) is 10.2 Å². The average Bonchev–Trinajstić information content (AvgIpc) is 3.80. The molecule has 0 radical (unpaired) electrons. The number of nitrogens with zero attached hydrogens (tertiary/aromatic N) is 10. The van der Waals surface area contributed by atoms with Gasteiger partial charge in [0.05, 0.1) is 23.6 Å². The Bertz CT molecular complexity index is 2030. The molecule has 7 heterocycles. The lowest BCUT2D eigenvalue weighted by atomic mass is 10.0. The summed E-state index contributed by atoms with van der Waals surface area (Å²) in [5, 5.41) is 15.9. The zero-order valence-corrected chi connectivity index (χ0v) is 27.8. The number of anilines is 3. The first-order valence-electron chi connectivity index (χ1n) is 17.1. The minimum Gasteiger partial charge on any atom is -0.356 e. The van der Waals surface area contributed by atoms with E-state index in [-0.39, 0.29) is 24.2 Å². The van der Waals surface area contributed by atoms with Gasteiger partial charge in [0.25, 0.3) is 0 Å². The highest BCUT2D eigenvalue weighted by Gasteiger charge is 2.29. The smallest absolute Gasteiger partial charge is 0.329 e. The third kappa shape index (κ3) is 6.33. The van der Waals surface area contributed by atoms with Gasteiger partial charge in [0.15, 0.2) is 11.5 Å². The zero-order chi connectivity index (χ0) is 34.2. The van der Waals surface area contributed by atoms with E-state index in [4.69, 9.17) is 10.1 Å². The highest BCUT2D eigenvalue weighted by Crippen LogP contribution is 2.36. The summed E-state index contributed by atoms with van der Waals surface area (Å²) in [4.78, 5) is 41.6. The maximum absolute atomic E-state index is 14.1. The van der Waals surface area contributed by atoms with Crippen molar-refractivity contribution in [3.8, 4) is 11.4 Å². The van der Waals surface area contributed by atoms with Gasteiger partial charge in [0.1, 0.15) is 23.1 Å². The van der Waals surface area contributed by atoms with Gasteiger partial charge in [0.2, 0.25) is 5.91 Å². The maximum Gasteiger partial charge on any atom is 0.329 e. The van der Waals surface area contributed by atoms with E-state index in [0.717, 1.165) is 85.2 Å². The van der Waals surface area contributed by atoms with Crippen LogP contribution in [-0.2, 0) is 11.3 Å². The van der Waals surface area contributed by atoms with Crippen LogP contribution in [0.5, 0.6) is 0 Å². The maximum atomic E-state index is 14.1. The molecular weight excluding hydrogens is 637 g/mol. The second-order valence-corrected chi connectivity index (χ2v) is 13.2. The highest BCUT2D eigenvalue weighted by atomic mass is 19.1. The fourth-order valence-corrected chi connectivity index (χ4v) is 7.32. The molecule has 0 spiro atoms. The zero-order valence-electron chi connectivity index (χ0n) is 27.8. The number of nitrogens with one attached hydrogen (secondary N) is 1. The number of imide groups is 1. The number of urea groups is 1. The molecule has 0 bridgehead atoms. The van der Waals surface area contributed by atoms with Gasteiger partial charge in [-0.3, -0.25) is 19.9 Å². The quantitative estimate of drug-likeness (QED) is 0.249. The predicted molar refractivity (Wildman–Crippen MR) is 186 cm³/mol. The number of carbonyl (C=O) groups excluding carboxylic acids is 2. The van der Waals surface area contributed by atoms with Crippen molar-refractivity contribution in [3.05, 3.63) is 90.0 Å². The van der Waals surface area contributed by atoms with E-state index in [2.05, 4.69) is 48.3 Å². The number of benzene rings is 1. The van der Waals surface area contributed by atoms with Crippen LogP contribution in [0.1, 0.15) is 49.4 Å². The SMILES string of the molecule is CN(Cc1ccc(N2CCC(=O)NC2=O)nn1)C1CCN(c2cccc(-c3cnc4ccc(N5CCC[C@@H]5c5cccc(F)c5)nn34)n2)CC1. The summed E-state index contributed by atoms with van der Waals surface area (Å²) in [5.74, 6) is 1.69. The number of fused-ring (bicyclic) bond motifs is 1. The standard InChI is InChI=1S/C36H38FN11O2/c1-44(23-26-10-11-33(42-41-26)47-20-16-35(49)40-36(47)50)27-14-18-45(19-15-27)32-9-3-7-28(39-32)30-22-38-31-12-13-34(43-48(30)31)46-17-4-8-29(46)24-5-2-6-25(37)21-24/h2-3,5-7,9-13,21-22,27,29H,4,8,14-20,23H2,1H3,(H,40,49,50)/t29-/m1/s1. The number of imidazole rings is 1. The van der Waals surface area contributed by atoms with Gasteiger partial charge in [-0.1, -0.05) is 18.2 Å². The number of piperidine rings is 1. The molecule has 3 saturated heterocycles. The first kappa shape index (κ1) is 31.7. The second kappa shape index (κ2) is 13.4. The van der Waals surface area contributed by atoms with Crippen LogP contribution in [0.4, 0.5) is 26.6 Å². The summed E-state index contributed by atoms with van der Waals surface area (Å²) < 4.78 is 15.9. The Hall–Kier alpha value is -5.50. The van der Waals surface area contributed by atoms with Crippen molar-refractivity contribution in [1.29, 1.82) is 0 Å². The largest absolute Gasteiger partial charge is 0.356 e. The molecule has 0 aliphatic carbocycles. The van der Waals surface area contributed by atoms with Gasteiger partial charge in [-0.05, 0) is 86.8 Å². The van der Waals surface area contributed by atoms with Crippen molar-refractivity contribution in [2.24, 2.45) is 0 Å². The van der Waals surface area contributed by atoms with Crippen LogP contribution in [0, 0.1) is 5.82 Å². The third-order valence-corrected chi connectivity index (χ3v) is 9.99. The monoisotopic (exact) mass is 675 g/mol. The molecule has 3 fully saturated rings. The van der Waals surface area contributed by atoms with Crippen LogP contribution < -0.4 is 20.0 Å². The fourth-order valence-electron chi connectivity index (χ4n) is 7.32. The van der Waals surface area contributed by atoms with Gasteiger partial charge in [-0.25, -0.2) is 23.7 Å². The first-order valence-corrected chi connectivity index (χ1v) is 17.1. The summed E-state index contributed by atoms with van der Waals surface area (Å²) in [6.45, 7) is 3.52. The van der Waals surface area contributed by atoms with Crippen molar-refractivity contribution in [2.45, 2.75) is 50.7 Å². The van der Waals surface area contributed by atoms with Crippen molar-refractivity contribution >= 4 is 35.0 Å². The van der Waals surface area contributed by atoms with Gasteiger partial charge >= 0.3 is 6.03 Å². The van der Waals surface area contributed by atoms with Crippen molar-refractivity contribution in [1.82, 2.24) is 40.0 Å². The number of rotatable bonds is 8. The molecule has 0 unspecified atom stereocenters. The van der Waals surface area contributed by atoms with E-state index in [1.54, 1.807) is 18.2 Å². The number of pyridine rings is 1. The molecule has 1 atom stereocenters. The highest BCUT2D eigenvalue weighted by molar-refractivity contribution is 6.05. The van der Waals surface area contributed by atoms with Crippen LogP contribution in [0.2, 0.25) is 0 Å². The Morgan fingerprint density at radius 2 is 1.74 bits per heavy atom. The number of carbonyl (C=O) groups is 2. The molecule has 3 aliphatic heterocycles. The minimum absolute atomic E-state index is 0.0720. The topological polar surface area (TPSA) is 128 Å². The lowest BCUT2D eigenvalue weighted by Gasteiger charge is -2.37. The average molecular weight is 676 g/mol. The van der Waals surface area contributed by atoms with E-state index in [1.807, 2.05) is 47.1 Å². The van der Waals surface area contributed by atoms with Crippen LogP contribution >= 0.6 is 0 Å². The van der Waals surface area contributed by atoms with Gasteiger partial charge in [0, 0.05) is 45.2 Å². The second-order valence-electron chi connectivity index (χ2n) is 13.2. The predicted octanol–water partition coefficient (Wildman–Crippen LogP) is 4.61. The molecule has 0 saturated carbocycles. The Morgan fingerprint density at radius 3 is 2.54 bits per heavy atom. The molecule has 3 aliphatic rings. The summed E-state index contributed by atoms with van der Waals surface area (Å²) in [6, 6.07) is 20.6. The van der Waals surface area contributed by atoms with Crippen molar-refractivity contribution < 1.29 is 14.0 Å². The lowest BCUT2D eigenvalue weighted by molar-refractivity contribution is -0.120. The van der Waals surface area contributed by atoms with Crippen LogP contribution in [0.3, 0.4) is 0 Å². The van der Waals surface area contributed by atoms with Crippen LogP contribution in [-0.4, -0.2) is 85.9 Å². The summed E-state index contributed by atoms with van der Waals surface area (Å²) in [6.07, 6.45) is 5.97. The third-order valence-electron chi connectivity index (χ3n) is 9.99. The summed E-state index contributed by atoms with van der Waals surface area (Å²) in [5.41, 5.74) is 4.15. The van der Waals surface area contributed by atoms with E-state index in [1.165, 1.54) is 11.0 Å².